The Morgan fingerprint density at radius 3 is 2.70 bits per heavy atom. The third-order valence-electron chi connectivity index (χ3n) is 1.10. The number of hydrogen-bond donors (Lipinski definition) is 0. The Balaban J connectivity index is 2.84. The molecule has 1 nitrogen and oxygen atoms in total. The van der Waals surface area contributed by atoms with E-state index in [1.807, 2.05) is 6.92 Å². The molecule has 0 rings (SSSR count). The van der Waals surface area contributed by atoms with Crippen LogP contribution in [-0.4, -0.2) is 19.1 Å². The van der Waals surface area contributed by atoms with Crippen molar-refractivity contribution in [2.24, 2.45) is 0 Å². The van der Waals surface area contributed by atoms with Gasteiger partial charge in [0.1, 0.15) is 0 Å². The number of ether oxygens (including phenoxy) is 1. The molecule has 0 aliphatic heterocycles. The molecule has 0 unspecified atom stereocenters. The van der Waals surface area contributed by atoms with E-state index in [0.717, 1.165) is 26.1 Å². The first-order valence-corrected chi connectivity index (χ1v) is 4.09. The quantitative estimate of drug-likeness (QED) is 0.332. The van der Waals surface area contributed by atoms with Gasteiger partial charge in [0.2, 0.25) is 0 Å². The molecular weight excluding hydrogens is 148 g/mol. The summed E-state index contributed by atoms with van der Waals surface area (Å²) in [6, 6.07) is 0. The zero-order chi connectivity index (χ0) is 7.82. The summed E-state index contributed by atoms with van der Waals surface area (Å²) in [7, 11) is 0. The van der Waals surface area contributed by atoms with Gasteiger partial charge in [-0.1, -0.05) is 5.57 Å². The second-order valence-electron chi connectivity index (χ2n) is 2.36. The summed E-state index contributed by atoms with van der Waals surface area (Å²) >= 11 is 5.45. The van der Waals surface area contributed by atoms with Gasteiger partial charge >= 0.3 is 0 Å². The van der Waals surface area contributed by atoms with Crippen LogP contribution in [-0.2, 0) is 4.74 Å². The third-order valence-corrected chi connectivity index (χ3v) is 1.36. The van der Waals surface area contributed by atoms with Crippen LogP contribution in [0, 0.1) is 0 Å². The molecule has 0 heterocycles. The number of halogens is 1. The Kier molecular flexibility index (Phi) is 7.09. The van der Waals surface area contributed by atoms with Crippen molar-refractivity contribution in [3.05, 3.63) is 12.2 Å². The van der Waals surface area contributed by atoms with Crippen LogP contribution in [0.1, 0.15) is 19.8 Å². The van der Waals surface area contributed by atoms with E-state index in [2.05, 4.69) is 6.58 Å². The van der Waals surface area contributed by atoms with Crippen LogP contribution in [0.15, 0.2) is 12.2 Å². The van der Waals surface area contributed by atoms with Gasteiger partial charge in [-0.15, -0.1) is 18.2 Å². The number of rotatable bonds is 6. The average Bonchev–Trinajstić information content (AvgIpc) is 1.87. The summed E-state index contributed by atoms with van der Waals surface area (Å²) in [5.41, 5.74) is 1.17. The second kappa shape index (κ2) is 7.10. The van der Waals surface area contributed by atoms with Gasteiger partial charge < -0.3 is 4.74 Å². The number of hydrogen-bond acceptors (Lipinski definition) is 1. The molecule has 0 N–H and O–H groups in total. The first-order chi connectivity index (χ1) is 4.77. The van der Waals surface area contributed by atoms with Crippen molar-refractivity contribution >= 4 is 11.6 Å². The van der Waals surface area contributed by atoms with Crippen LogP contribution in [0.4, 0.5) is 0 Å². The van der Waals surface area contributed by atoms with E-state index >= 15 is 0 Å². The van der Waals surface area contributed by atoms with Gasteiger partial charge in [0.25, 0.3) is 0 Å². The first kappa shape index (κ1) is 9.99. The molecule has 0 saturated heterocycles. The van der Waals surface area contributed by atoms with Crippen LogP contribution < -0.4 is 0 Å². The zero-order valence-corrected chi connectivity index (χ0v) is 7.28. The maximum atomic E-state index is 5.45. The Morgan fingerprint density at radius 1 is 1.50 bits per heavy atom. The van der Waals surface area contributed by atoms with Crippen LogP contribution in [0.5, 0.6) is 0 Å². The Morgan fingerprint density at radius 2 is 2.20 bits per heavy atom. The molecule has 10 heavy (non-hydrogen) atoms. The molecule has 0 saturated carbocycles. The van der Waals surface area contributed by atoms with Crippen molar-refractivity contribution in [1.82, 2.24) is 0 Å². The Bertz CT molecular complexity index is 91.3. The maximum Gasteiger partial charge on any atom is 0.0502 e. The molecule has 0 radical (unpaired) electrons. The Labute approximate surface area is 68.0 Å². The number of alkyl halides is 1. The average molecular weight is 163 g/mol. The summed E-state index contributed by atoms with van der Waals surface area (Å²) in [6.45, 7) is 7.33. The minimum Gasteiger partial charge on any atom is -0.381 e. The highest BCUT2D eigenvalue weighted by Gasteiger charge is 1.87. The van der Waals surface area contributed by atoms with E-state index < -0.39 is 0 Å². The third kappa shape index (κ3) is 7.99. The lowest BCUT2D eigenvalue weighted by atomic mass is 10.3. The predicted octanol–water partition coefficient (Wildman–Crippen LogP) is 2.60. The van der Waals surface area contributed by atoms with Crippen LogP contribution in [0.3, 0.4) is 0 Å². The monoisotopic (exact) mass is 162 g/mol. The van der Waals surface area contributed by atoms with E-state index in [9.17, 15) is 0 Å². The minimum atomic E-state index is 0.688. The van der Waals surface area contributed by atoms with Gasteiger partial charge in [-0.3, -0.25) is 0 Å². The van der Waals surface area contributed by atoms with Gasteiger partial charge in [-0.25, -0.2) is 0 Å². The summed E-state index contributed by atoms with van der Waals surface area (Å²) in [5, 5.41) is 0. The highest BCUT2D eigenvalue weighted by Crippen LogP contribution is 1.95. The van der Waals surface area contributed by atoms with Crippen molar-refractivity contribution < 1.29 is 4.74 Å². The standard InChI is InChI=1S/C8H15ClO/c1-8(2)4-7-10-6-3-5-9/h1,3-7H2,2H3. The lowest BCUT2D eigenvalue weighted by Gasteiger charge is -2.00. The fourth-order valence-corrected chi connectivity index (χ4v) is 0.614. The van der Waals surface area contributed by atoms with Gasteiger partial charge in [0, 0.05) is 12.5 Å². The molecule has 0 aliphatic carbocycles. The molecule has 0 aromatic carbocycles. The highest BCUT2D eigenvalue weighted by molar-refractivity contribution is 6.17. The lowest BCUT2D eigenvalue weighted by molar-refractivity contribution is 0.138. The fraction of sp³-hybridized carbons (Fsp3) is 0.750. The van der Waals surface area contributed by atoms with E-state index in [-0.39, 0.29) is 0 Å². The van der Waals surface area contributed by atoms with Gasteiger partial charge in [-0.05, 0) is 19.8 Å². The molecule has 0 aliphatic rings. The van der Waals surface area contributed by atoms with E-state index in [1.165, 1.54) is 5.57 Å². The van der Waals surface area contributed by atoms with Crippen molar-refractivity contribution in [1.29, 1.82) is 0 Å². The predicted molar refractivity (Wildman–Crippen MR) is 45.6 cm³/mol. The second-order valence-corrected chi connectivity index (χ2v) is 2.74. The van der Waals surface area contributed by atoms with Crippen LogP contribution in [0.2, 0.25) is 0 Å². The summed E-state index contributed by atoms with van der Waals surface area (Å²) in [4.78, 5) is 0. The van der Waals surface area contributed by atoms with Gasteiger partial charge in [0.05, 0.1) is 6.61 Å². The molecule has 0 bridgehead atoms. The minimum absolute atomic E-state index is 0.688. The van der Waals surface area contributed by atoms with E-state index in [4.69, 9.17) is 16.3 Å². The Hall–Kier alpha value is -0.0100. The van der Waals surface area contributed by atoms with Gasteiger partial charge in [-0.2, -0.15) is 0 Å². The largest absolute Gasteiger partial charge is 0.381 e. The molecule has 0 aromatic rings. The van der Waals surface area contributed by atoms with E-state index in [0.29, 0.717) is 5.88 Å². The molecule has 60 valence electrons. The molecule has 0 spiro atoms. The molecule has 0 atom stereocenters. The summed E-state index contributed by atoms with van der Waals surface area (Å²) in [5.74, 6) is 0.688. The summed E-state index contributed by atoms with van der Waals surface area (Å²) in [6.07, 6.45) is 1.90. The van der Waals surface area contributed by atoms with Crippen LogP contribution >= 0.6 is 11.6 Å². The molecular formula is C8H15ClO. The molecule has 0 amide bonds. The van der Waals surface area contributed by atoms with Crippen molar-refractivity contribution in [2.75, 3.05) is 19.1 Å². The zero-order valence-electron chi connectivity index (χ0n) is 6.53. The van der Waals surface area contributed by atoms with E-state index in [1.54, 1.807) is 0 Å². The highest BCUT2D eigenvalue weighted by atomic mass is 35.5. The van der Waals surface area contributed by atoms with Gasteiger partial charge in [0.15, 0.2) is 0 Å². The molecule has 0 aromatic heterocycles. The lowest BCUT2D eigenvalue weighted by Crippen LogP contribution is -1.97. The van der Waals surface area contributed by atoms with Crippen LogP contribution in [0.25, 0.3) is 0 Å². The molecule has 0 fully saturated rings. The molecule has 2 heteroatoms. The topological polar surface area (TPSA) is 9.23 Å². The first-order valence-electron chi connectivity index (χ1n) is 3.55. The van der Waals surface area contributed by atoms with Crippen molar-refractivity contribution in [3.8, 4) is 0 Å². The summed E-state index contributed by atoms with van der Waals surface area (Å²) < 4.78 is 5.24. The SMILES string of the molecule is C=C(C)CCOCCCCl. The normalized spacial score (nSPS) is 9.80. The maximum absolute atomic E-state index is 5.45. The van der Waals surface area contributed by atoms with Crippen molar-refractivity contribution in [2.45, 2.75) is 19.8 Å². The fourth-order valence-electron chi connectivity index (χ4n) is 0.505. The van der Waals surface area contributed by atoms with Crippen molar-refractivity contribution in [3.63, 3.8) is 0 Å². The smallest absolute Gasteiger partial charge is 0.0502 e.